The van der Waals surface area contributed by atoms with Crippen molar-refractivity contribution in [3.8, 4) is 45.3 Å². The number of likely N-dealkylation sites (tertiary alicyclic amines) is 2. The first-order chi connectivity index (χ1) is 28.2. The fraction of sp³-hybridized carbons (Fsp3) is 0.455. The Balaban J connectivity index is 1.11. The monoisotopic (exact) mass is 832 g/mol. The SMILES string of the molecule is COCCC(=O)N1CCC(NCc2ccc(-c3nccc(-c4cccc(-c5ccc(CNC6CCN(C(=O)CCOC)CC6)c(OC)n5)c4Cl)c3Cl)cc2OC)CC1. The minimum atomic E-state index is 0.143. The zero-order valence-corrected chi connectivity index (χ0v) is 35.3. The minimum Gasteiger partial charge on any atom is -0.496 e. The summed E-state index contributed by atoms with van der Waals surface area (Å²) in [6.07, 6.45) is 6.12. The number of carbonyl (C=O) groups is 2. The van der Waals surface area contributed by atoms with Crippen molar-refractivity contribution in [1.82, 2.24) is 30.4 Å². The van der Waals surface area contributed by atoms with Crippen LogP contribution in [-0.2, 0) is 32.2 Å². The molecule has 0 aliphatic carbocycles. The molecule has 4 aromatic rings. The smallest absolute Gasteiger partial charge is 0.224 e. The Bertz CT molecular complexity index is 1880. The molecule has 0 saturated carbocycles. The molecule has 6 rings (SSSR count). The summed E-state index contributed by atoms with van der Waals surface area (Å²) in [4.78, 5) is 38.2. The number of hydrogen-bond donors (Lipinski definition) is 2. The molecule has 0 radical (unpaired) electrons. The summed E-state index contributed by atoms with van der Waals surface area (Å²) in [6.45, 7) is 5.05. The van der Waals surface area contributed by atoms with Crippen molar-refractivity contribution >= 4 is 35.0 Å². The number of rotatable bonds is 17. The molecule has 58 heavy (non-hydrogen) atoms. The van der Waals surface area contributed by atoms with Crippen LogP contribution in [0, 0.1) is 0 Å². The van der Waals surface area contributed by atoms with Gasteiger partial charge in [0.2, 0.25) is 17.7 Å². The molecule has 0 spiro atoms. The van der Waals surface area contributed by atoms with Gasteiger partial charge in [0, 0.05) is 105 Å². The van der Waals surface area contributed by atoms with Gasteiger partial charge in [-0.1, -0.05) is 59.6 Å². The maximum atomic E-state index is 12.4. The molecular weight excluding hydrogens is 779 g/mol. The third kappa shape index (κ3) is 10.7. The number of hydrogen-bond acceptors (Lipinski definition) is 10. The molecule has 14 heteroatoms. The van der Waals surface area contributed by atoms with Gasteiger partial charge in [0.05, 0.1) is 61.7 Å². The number of pyridine rings is 2. The van der Waals surface area contributed by atoms with E-state index >= 15 is 0 Å². The number of nitrogens with zero attached hydrogens (tertiary/aromatic N) is 4. The largest absolute Gasteiger partial charge is 0.496 e. The zero-order valence-electron chi connectivity index (χ0n) is 33.8. The highest BCUT2D eigenvalue weighted by molar-refractivity contribution is 6.39. The molecule has 0 unspecified atom stereocenters. The summed E-state index contributed by atoms with van der Waals surface area (Å²) in [5.74, 6) is 1.54. The van der Waals surface area contributed by atoms with Crippen molar-refractivity contribution in [2.75, 3.05) is 67.8 Å². The summed E-state index contributed by atoms with van der Waals surface area (Å²) in [6, 6.07) is 18.3. The van der Waals surface area contributed by atoms with E-state index in [1.807, 2.05) is 64.4 Å². The predicted octanol–water partition coefficient (Wildman–Crippen LogP) is 7.04. The van der Waals surface area contributed by atoms with Crippen molar-refractivity contribution in [2.45, 2.75) is 63.7 Å². The molecule has 4 heterocycles. The fourth-order valence-electron chi connectivity index (χ4n) is 7.63. The van der Waals surface area contributed by atoms with Crippen LogP contribution in [0.15, 0.2) is 60.8 Å². The third-order valence-electron chi connectivity index (χ3n) is 11.0. The Morgan fingerprint density at radius 1 is 0.707 bits per heavy atom. The molecule has 2 amide bonds. The highest BCUT2D eigenvalue weighted by Gasteiger charge is 2.25. The van der Waals surface area contributed by atoms with Crippen LogP contribution >= 0.6 is 23.2 Å². The number of benzene rings is 2. The normalized spacial score (nSPS) is 15.1. The molecule has 12 nitrogen and oxygen atoms in total. The Kier molecular flexibility index (Phi) is 15.7. The number of amides is 2. The van der Waals surface area contributed by atoms with Gasteiger partial charge in [0.1, 0.15) is 5.75 Å². The van der Waals surface area contributed by atoms with E-state index in [2.05, 4.69) is 15.6 Å². The van der Waals surface area contributed by atoms with Crippen molar-refractivity contribution in [1.29, 1.82) is 0 Å². The Morgan fingerprint density at radius 2 is 1.28 bits per heavy atom. The molecular formula is C44H54Cl2N6O6. The lowest BCUT2D eigenvalue weighted by Gasteiger charge is -2.32. The van der Waals surface area contributed by atoms with Gasteiger partial charge in [-0.05, 0) is 43.9 Å². The van der Waals surface area contributed by atoms with E-state index in [4.69, 9.17) is 47.1 Å². The summed E-state index contributed by atoms with van der Waals surface area (Å²) in [5.41, 5.74) is 6.31. The molecule has 2 fully saturated rings. The molecule has 2 saturated heterocycles. The number of nitrogens with one attached hydrogen (secondary N) is 2. The molecule has 2 aromatic carbocycles. The minimum absolute atomic E-state index is 0.143. The van der Waals surface area contributed by atoms with Crippen LogP contribution < -0.4 is 20.1 Å². The van der Waals surface area contributed by atoms with E-state index in [9.17, 15) is 9.59 Å². The average molecular weight is 834 g/mol. The Labute approximate surface area is 351 Å². The van der Waals surface area contributed by atoms with Crippen LogP contribution in [-0.4, -0.2) is 111 Å². The second-order valence-electron chi connectivity index (χ2n) is 14.6. The van der Waals surface area contributed by atoms with Gasteiger partial charge in [-0.15, -0.1) is 0 Å². The maximum Gasteiger partial charge on any atom is 0.224 e. The van der Waals surface area contributed by atoms with Crippen LogP contribution in [0.2, 0.25) is 10.0 Å². The summed E-state index contributed by atoms with van der Waals surface area (Å²) in [5, 5.41) is 8.26. The highest BCUT2D eigenvalue weighted by atomic mass is 35.5. The van der Waals surface area contributed by atoms with E-state index in [1.165, 1.54) is 0 Å². The zero-order chi connectivity index (χ0) is 41.0. The van der Waals surface area contributed by atoms with E-state index in [0.29, 0.717) is 72.5 Å². The van der Waals surface area contributed by atoms with E-state index in [0.717, 1.165) is 91.0 Å². The fourth-order valence-corrected chi connectivity index (χ4v) is 8.28. The first kappa shape index (κ1) is 43.3. The van der Waals surface area contributed by atoms with Gasteiger partial charge >= 0.3 is 0 Å². The lowest BCUT2D eigenvalue weighted by atomic mass is 9.99. The molecule has 2 aliphatic heterocycles. The summed E-state index contributed by atoms with van der Waals surface area (Å²) < 4.78 is 21.7. The standard InChI is InChI=1S/C44H54Cl2N6O6/c1-55-24-17-39(53)51-20-13-32(14-21-51)48-27-30-9-8-29(26-38(30)57-3)43-42(46)35(12-19-47-43)34-6-5-7-36(41(34)45)37-11-10-31(44(50-37)58-4)28-49-33-15-22-52(23-16-33)40(54)18-25-56-2/h5-12,19,26,32-33,48-49H,13-18,20-25,27-28H2,1-4H3. The molecule has 2 aliphatic rings. The maximum absolute atomic E-state index is 12.4. The van der Waals surface area contributed by atoms with Crippen molar-refractivity contribution < 1.29 is 28.5 Å². The summed E-state index contributed by atoms with van der Waals surface area (Å²) in [7, 11) is 6.51. The number of halogens is 2. The number of piperidine rings is 2. The predicted molar refractivity (Wildman–Crippen MR) is 227 cm³/mol. The van der Waals surface area contributed by atoms with Gasteiger partial charge in [0.25, 0.3) is 0 Å². The van der Waals surface area contributed by atoms with Gasteiger partial charge in [-0.25, -0.2) is 4.98 Å². The molecule has 2 aromatic heterocycles. The van der Waals surface area contributed by atoms with Gasteiger partial charge < -0.3 is 39.4 Å². The number of ether oxygens (including phenoxy) is 4. The quantitative estimate of drug-likeness (QED) is 0.115. The van der Waals surface area contributed by atoms with E-state index < -0.39 is 0 Å². The topological polar surface area (TPSA) is 127 Å². The van der Waals surface area contributed by atoms with Crippen molar-refractivity contribution in [3.05, 3.63) is 82.0 Å². The first-order valence-electron chi connectivity index (χ1n) is 19.9. The number of carbonyl (C=O) groups excluding carboxylic acids is 2. The van der Waals surface area contributed by atoms with Crippen LogP contribution in [0.3, 0.4) is 0 Å². The molecule has 0 bridgehead atoms. The van der Waals surface area contributed by atoms with Crippen LogP contribution in [0.25, 0.3) is 33.6 Å². The highest BCUT2D eigenvalue weighted by Crippen LogP contribution is 2.42. The second kappa shape index (κ2) is 21.1. The van der Waals surface area contributed by atoms with Crippen LogP contribution in [0.1, 0.15) is 49.7 Å². The van der Waals surface area contributed by atoms with Gasteiger partial charge in [0.15, 0.2) is 0 Å². The molecule has 0 atom stereocenters. The molecule has 2 N–H and O–H groups in total. The Hall–Kier alpha value is -4.30. The van der Waals surface area contributed by atoms with Crippen LogP contribution in [0.4, 0.5) is 0 Å². The number of aromatic nitrogens is 2. The van der Waals surface area contributed by atoms with Gasteiger partial charge in [-0.2, -0.15) is 0 Å². The lowest BCUT2D eigenvalue weighted by Crippen LogP contribution is -2.44. The Morgan fingerprint density at radius 3 is 1.86 bits per heavy atom. The average Bonchev–Trinajstić information content (AvgIpc) is 3.26. The molecule has 310 valence electrons. The first-order valence-corrected chi connectivity index (χ1v) is 20.6. The second-order valence-corrected chi connectivity index (χ2v) is 15.4. The van der Waals surface area contributed by atoms with E-state index in [-0.39, 0.29) is 17.9 Å². The van der Waals surface area contributed by atoms with E-state index in [1.54, 1.807) is 34.6 Å². The van der Waals surface area contributed by atoms with Crippen molar-refractivity contribution in [2.24, 2.45) is 0 Å². The number of methoxy groups -OCH3 is 4. The summed E-state index contributed by atoms with van der Waals surface area (Å²) >= 11 is 14.3. The lowest BCUT2D eigenvalue weighted by molar-refractivity contribution is -0.134. The van der Waals surface area contributed by atoms with Crippen LogP contribution in [0.5, 0.6) is 11.6 Å². The van der Waals surface area contributed by atoms with Crippen molar-refractivity contribution in [3.63, 3.8) is 0 Å². The van der Waals surface area contributed by atoms with Gasteiger partial charge in [-0.3, -0.25) is 14.6 Å². The third-order valence-corrected chi connectivity index (χ3v) is 11.8.